The summed E-state index contributed by atoms with van der Waals surface area (Å²) >= 11 is 15.6. The second-order valence-electron chi connectivity index (χ2n) is 4.49. The van der Waals surface area contributed by atoms with Crippen molar-refractivity contribution < 1.29 is 4.42 Å². The van der Waals surface area contributed by atoms with E-state index < -0.39 is 0 Å². The molecule has 0 saturated carbocycles. The molecule has 20 heavy (non-hydrogen) atoms. The molecule has 0 saturated heterocycles. The van der Waals surface area contributed by atoms with Gasteiger partial charge in [0.15, 0.2) is 5.58 Å². The summed E-state index contributed by atoms with van der Waals surface area (Å²) in [6.45, 7) is 2.07. The summed E-state index contributed by atoms with van der Waals surface area (Å²) in [5, 5.41) is 1.11. The van der Waals surface area contributed by atoms with Gasteiger partial charge in [-0.1, -0.05) is 45.2 Å². The molecule has 1 atom stereocenters. The summed E-state index contributed by atoms with van der Waals surface area (Å²) in [7, 11) is 0. The van der Waals surface area contributed by atoms with Crippen LogP contribution < -0.4 is 0 Å². The Morgan fingerprint density at radius 2 is 1.95 bits per heavy atom. The molecule has 0 fully saturated rings. The fraction of sp³-hybridized carbons (Fsp3) is 0.133. The number of hydrogen-bond donors (Lipinski definition) is 0. The second kappa shape index (κ2) is 5.40. The van der Waals surface area contributed by atoms with Crippen LogP contribution in [0.15, 0.2) is 40.8 Å². The SMILES string of the molecule is CC(Br)c1ccc2oc(-c3ccc(Cl)cc3Cl)nc2c1. The van der Waals surface area contributed by atoms with Gasteiger partial charge in [0, 0.05) is 9.85 Å². The summed E-state index contributed by atoms with van der Waals surface area (Å²) in [5.74, 6) is 0.501. The number of rotatable bonds is 2. The van der Waals surface area contributed by atoms with Crippen LogP contribution in [0.25, 0.3) is 22.6 Å². The fourth-order valence-electron chi connectivity index (χ4n) is 1.97. The maximum Gasteiger partial charge on any atom is 0.228 e. The lowest BCUT2D eigenvalue weighted by Crippen LogP contribution is -1.82. The molecule has 2 aromatic carbocycles. The zero-order chi connectivity index (χ0) is 14.3. The molecule has 0 N–H and O–H groups in total. The van der Waals surface area contributed by atoms with E-state index in [2.05, 4.69) is 27.8 Å². The Kier molecular flexibility index (Phi) is 3.76. The van der Waals surface area contributed by atoms with Crippen molar-refractivity contribution in [2.75, 3.05) is 0 Å². The van der Waals surface area contributed by atoms with Crippen molar-refractivity contribution >= 4 is 50.2 Å². The van der Waals surface area contributed by atoms with Gasteiger partial charge in [-0.15, -0.1) is 0 Å². The monoisotopic (exact) mass is 369 g/mol. The minimum atomic E-state index is 0.270. The molecule has 2 nitrogen and oxygen atoms in total. The molecule has 0 radical (unpaired) electrons. The van der Waals surface area contributed by atoms with Gasteiger partial charge in [0.1, 0.15) is 5.52 Å². The summed E-state index contributed by atoms with van der Waals surface area (Å²) in [5.41, 5.74) is 3.44. The lowest BCUT2D eigenvalue weighted by atomic mass is 10.1. The Hall–Kier alpha value is -1.03. The average Bonchev–Trinajstić information content (AvgIpc) is 2.80. The van der Waals surface area contributed by atoms with E-state index >= 15 is 0 Å². The number of oxazole rings is 1. The maximum absolute atomic E-state index is 6.18. The highest BCUT2D eigenvalue weighted by Gasteiger charge is 2.13. The smallest absolute Gasteiger partial charge is 0.228 e. The highest BCUT2D eigenvalue weighted by molar-refractivity contribution is 9.09. The number of fused-ring (bicyclic) bond motifs is 1. The van der Waals surface area contributed by atoms with Crippen LogP contribution in [0.5, 0.6) is 0 Å². The van der Waals surface area contributed by atoms with E-state index in [1.807, 2.05) is 24.3 Å². The summed E-state index contributed by atoms with van der Waals surface area (Å²) in [4.78, 5) is 4.77. The number of benzene rings is 2. The Labute approximate surface area is 134 Å². The summed E-state index contributed by atoms with van der Waals surface area (Å²) < 4.78 is 5.76. The van der Waals surface area contributed by atoms with E-state index in [4.69, 9.17) is 27.6 Å². The van der Waals surface area contributed by atoms with Crippen LogP contribution in [0.3, 0.4) is 0 Å². The van der Waals surface area contributed by atoms with E-state index in [-0.39, 0.29) is 4.83 Å². The minimum absolute atomic E-state index is 0.270. The highest BCUT2D eigenvalue weighted by Crippen LogP contribution is 2.33. The molecule has 0 bridgehead atoms. The van der Waals surface area contributed by atoms with Crippen molar-refractivity contribution in [1.29, 1.82) is 0 Å². The van der Waals surface area contributed by atoms with Gasteiger partial charge in [0.05, 0.1) is 10.6 Å². The van der Waals surface area contributed by atoms with Gasteiger partial charge in [-0.2, -0.15) is 0 Å². The first-order chi connectivity index (χ1) is 9.54. The van der Waals surface area contributed by atoms with Gasteiger partial charge < -0.3 is 4.42 Å². The van der Waals surface area contributed by atoms with Crippen molar-refractivity contribution in [1.82, 2.24) is 4.98 Å². The van der Waals surface area contributed by atoms with Crippen molar-refractivity contribution in [2.24, 2.45) is 0 Å². The van der Waals surface area contributed by atoms with E-state index in [1.54, 1.807) is 12.1 Å². The first-order valence-corrected chi connectivity index (χ1v) is 7.72. The van der Waals surface area contributed by atoms with E-state index in [9.17, 15) is 0 Å². The van der Waals surface area contributed by atoms with Crippen LogP contribution >= 0.6 is 39.1 Å². The quantitative estimate of drug-likeness (QED) is 0.497. The van der Waals surface area contributed by atoms with Gasteiger partial charge in [-0.25, -0.2) is 4.98 Å². The summed E-state index contributed by atoms with van der Waals surface area (Å²) in [6.07, 6.45) is 0. The molecular formula is C15H10BrCl2NO. The van der Waals surface area contributed by atoms with Gasteiger partial charge >= 0.3 is 0 Å². The Balaban J connectivity index is 2.13. The zero-order valence-corrected chi connectivity index (χ0v) is 13.6. The molecule has 102 valence electrons. The Morgan fingerprint density at radius 1 is 1.15 bits per heavy atom. The van der Waals surface area contributed by atoms with E-state index in [1.165, 1.54) is 0 Å². The molecular weight excluding hydrogens is 361 g/mol. The fourth-order valence-corrected chi connectivity index (χ4v) is 2.74. The van der Waals surface area contributed by atoms with Gasteiger partial charge in [-0.05, 0) is 42.8 Å². The lowest BCUT2D eigenvalue weighted by molar-refractivity contribution is 0.620. The number of aromatic nitrogens is 1. The molecule has 3 aromatic rings. The average molecular weight is 371 g/mol. The molecule has 1 unspecified atom stereocenters. The predicted octanol–water partition coefficient (Wildman–Crippen LogP) is 6.26. The number of hydrogen-bond acceptors (Lipinski definition) is 2. The van der Waals surface area contributed by atoms with Crippen LogP contribution in [0.2, 0.25) is 10.0 Å². The van der Waals surface area contributed by atoms with Crippen LogP contribution in [0.1, 0.15) is 17.3 Å². The van der Waals surface area contributed by atoms with Crippen LogP contribution in [-0.4, -0.2) is 4.98 Å². The standard InChI is InChI=1S/C15H10BrCl2NO/c1-8(16)9-2-5-14-13(6-9)19-15(20-14)11-4-3-10(17)7-12(11)18/h2-8H,1H3. The zero-order valence-electron chi connectivity index (χ0n) is 10.5. The van der Waals surface area contributed by atoms with E-state index in [0.717, 1.165) is 22.2 Å². The van der Waals surface area contributed by atoms with Crippen molar-refractivity contribution in [3.8, 4) is 11.5 Å². The maximum atomic E-state index is 6.18. The van der Waals surface area contributed by atoms with Gasteiger partial charge in [0.25, 0.3) is 0 Å². The number of nitrogens with zero attached hydrogens (tertiary/aromatic N) is 1. The van der Waals surface area contributed by atoms with Crippen molar-refractivity contribution in [3.63, 3.8) is 0 Å². The van der Waals surface area contributed by atoms with Gasteiger partial charge in [-0.3, -0.25) is 0 Å². The Morgan fingerprint density at radius 3 is 2.65 bits per heavy atom. The molecule has 0 spiro atoms. The van der Waals surface area contributed by atoms with Crippen LogP contribution in [-0.2, 0) is 0 Å². The summed E-state index contributed by atoms with van der Waals surface area (Å²) in [6, 6.07) is 11.2. The first-order valence-electron chi connectivity index (χ1n) is 6.04. The molecule has 0 aliphatic carbocycles. The molecule has 0 aliphatic rings. The third-order valence-corrected chi connectivity index (χ3v) is 4.11. The van der Waals surface area contributed by atoms with Crippen LogP contribution in [0, 0.1) is 0 Å². The molecule has 1 heterocycles. The molecule has 0 amide bonds. The van der Waals surface area contributed by atoms with Crippen LogP contribution in [0.4, 0.5) is 0 Å². The van der Waals surface area contributed by atoms with Gasteiger partial charge in [0.2, 0.25) is 5.89 Å². The minimum Gasteiger partial charge on any atom is -0.436 e. The molecule has 1 aromatic heterocycles. The molecule has 0 aliphatic heterocycles. The van der Waals surface area contributed by atoms with Crippen molar-refractivity contribution in [3.05, 3.63) is 52.0 Å². The largest absolute Gasteiger partial charge is 0.436 e. The molecule has 3 rings (SSSR count). The molecule has 5 heteroatoms. The number of halogens is 3. The first kappa shape index (κ1) is 13.9. The topological polar surface area (TPSA) is 26.0 Å². The normalized spacial score (nSPS) is 12.8. The number of alkyl halides is 1. The highest BCUT2D eigenvalue weighted by atomic mass is 79.9. The third kappa shape index (κ3) is 2.58. The lowest BCUT2D eigenvalue weighted by Gasteiger charge is -2.00. The Bertz CT molecular complexity index is 783. The predicted molar refractivity (Wildman–Crippen MR) is 86.8 cm³/mol. The van der Waals surface area contributed by atoms with E-state index in [0.29, 0.717) is 15.9 Å². The second-order valence-corrected chi connectivity index (χ2v) is 6.70. The van der Waals surface area contributed by atoms with Crippen molar-refractivity contribution in [2.45, 2.75) is 11.8 Å². The third-order valence-electron chi connectivity index (χ3n) is 3.03.